The summed E-state index contributed by atoms with van der Waals surface area (Å²) < 4.78 is 13.5. The summed E-state index contributed by atoms with van der Waals surface area (Å²) in [6.45, 7) is 0. The van der Waals surface area contributed by atoms with Gasteiger partial charge < -0.3 is 4.98 Å². The van der Waals surface area contributed by atoms with E-state index in [0.717, 1.165) is 28.0 Å². The standard InChI is InChI=1S/C18H11ClFN3/c19-17-14(20)9-13(10-21-17)11-5-7-12(8-6-11)18-22-15-3-1-2-4-16(15)23-18/h1-10H,(H,22,23). The third-order valence-corrected chi connectivity index (χ3v) is 3.96. The van der Waals surface area contributed by atoms with Crippen LogP contribution >= 0.6 is 11.6 Å². The quantitative estimate of drug-likeness (QED) is 0.522. The summed E-state index contributed by atoms with van der Waals surface area (Å²) >= 11 is 5.61. The van der Waals surface area contributed by atoms with Crippen molar-refractivity contribution in [2.45, 2.75) is 0 Å². The molecule has 5 heteroatoms. The molecule has 0 saturated heterocycles. The smallest absolute Gasteiger partial charge is 0.164 e. The molecule has 0 fully saturated rings. The van der Waals surface area contributed by atoms with Gasteiger partial charge in [-0.3, -0.25) is 0 Å². The number of aromatic nitrogens is 3. The first kappa shape index (κ1) is 13.9. The van der Waals surface area contributed by atoms with Crippen LogP contribution in [0, 0.1) is 5.82 Å². The Kier molecular flexibility index (Phi) is 3.32. The number of para-hydroxylation sites is 2. The van der Waals surface area contributed by atoms with Crippen molar-refractivity contribution in [3.63, 3.8) is 0 Å². The van der Waals surface area contributed by atoms with E-state index in [2.05, 4.69) is 15.0 Å². The van der Waals surface area contributed by atoms with Gasteiger partial charge in [0.2, 0.25) is 0 Å². The fraction of sp³-hybridized carbons (Fsp3) is 0. The summed E-state index contributed by atoms with van der Waals surface area (Å²) in [5.41, 5.74) is 4.44. The number of nitrogens with zero attached hydrogens (tertiary/aromatic N) is 2. The van der Waals surface area contributed by atoms with Crippen LogP contribution in [0.1, 0.15) is 0 Å². The van der Waals surface area contributed by atoms with E-state index < -0.39 is 5.82 Å². The third kappa shape index (κ3) is 2.58. The minimum absolute atomic E-state index is 0.118. The summed E-state index contributed by atoms with van der Waals surface area (Å²) in [5, 5.41) is -0.118. The SMILES string of the molecule is Fc1cc(-c2ccc(-c3nc4ccccc4[nH]3)cc2)cnc1Cl. The number of pyridine rings is 1. The van der Waals surface area contributed by atoms with Crippen LogP contribution in [0.5, 0.6) is 0 Å². The minimum atomic E-state index is -0.523. The number of benzene rings is 2. The molecule has 2 aromatic carbocycles. The van der Waals surface area contributed by atoms with E-state index in [0.29, 0.717) is 5.56 Å². The summed E-state index contributed by atoms with van der Waals surface area (Å²) in [5.74, 6) is 0.281. The fourth-order valence-corrected chi connectivity index (χ4v) is 2.59. The van der Waals surface area contributed by atoms with Crippen LogP contribution in [0.2, 0.25) is 5.15 Å². The van der Waals surface area contributed by atoms with Crippen LogP contribution in [0.4, 0.5) is 4.39 Å². The molecule has 4 rings (SSSR count). The topological polar surface area (TPSA) is 41.6 Å². The molecule has 0 aliphatic heterocycles. The monoisotopic (exact) mass is 323 g/mol. The number of nitrogens with one attached hydrogen (secondary N) is 1. The molecule has 0 aliphatic rings. The molecule has 112 valence electrons. The zero-order valence-electron chi connectivity index (χ0n) is 11.9. The van der Waals surface area contributed by atoms with Gasteiger partial charge in [-0.2, -0.15) is 0 Å². The molecule has 0 amide bonds. The van der Waals surface area contributed by atoms with Crippen LogP contribution in [-0.4, -0.2) is 15.0 Å². The molecule has 0 radical (unpaired) electrons. The van der Waals surface area contributed by atoms with Crippen molar-refractivity contribution >= 4 is 22.6 Å². The second-order valence-corrected chi connectivity index (χ2v) is 5.53. The Hall–Kier alpha value is -2.72. The number of hydrogen-bond donors (Lipinski definition) is 1. The van der Waals surface area contributed by atoms with Gasteiger partial charge in [0.15, 0.2) is 11.0 Å². The molecule has 3 nitrogen and oxygen atoms in total. The highest BCUT2D eigenvalue weighted by atomic mass is 35.5. The number of halogens is 2. The van der Waals surface area contributed by atoms with Crippen LogP contribution in [0.15, 0.2) is 60.8 Å². The number of aromatic amines is 1. The predicted octanol–water partition coefficient (Wildman–Crippen LogP) is 5.08. The van der Waals surface area contributed by atoms with E-state index >= 15 is 0 Å². The molecule has 1 N–H and O–H groups in total. The maximum absolute atomic E-state index is 13.5. The van der Waals surface area contributed by atoms with Gasteiger partial charge in [0.25, 0.3) is 0 Å². The molecule has 0 spiro atoms. The fourth-order valence-electron chi connectivity index (χ4n) is 2.49. The van der Waals surface area contributed by atoms with Gasteiger partial charge in [0, 0.05) is 17.3 Å². The summed E-state index contributed by atoms with van der Waals surface area (Å²) in [6, 6.07) is 17.0. The Morgan fingerprint density at radius 3 is 2.39 bits per heavy atom. The molecule has 0 bridgehead atoms. The Morgan fingerprint density at radius 2 is 1.65 bits per heavy atom. The highest BCUT2D eigenvalue weighted by Gasteiger charge is 2.07. The second kappa shape index (κ2) is 5.48. The van der Waals surface area contributed by atoms with Gasteiger partial charge in [-0.05, 0) is 23.8 Å². The normalized spacial score (nSPS) is 11.0. The van der Waals surface area contributed by atoms with E-state index in [1.54, 1.807) is 6.20 Å². The van der Waals surface area contributed by atoms with Gasteiger partial charge in [-0.25, -0.2) is 14.4 Å². The van der Waals surface area contributed by atoms with Gasteiger partial charge in [0.1, 0.15) is 5.82 Å². The maximum Gasteiger partial charge on any atom is 0.164 e. The van der Waals surface area contributed by atoms with E-state index in [9.17, 15) is 4.39 Å². The summed E-state index contributed by atoms with van der Waals surface area (Å²) in [7, 11) is 0. The van der Waals surface area contributed by atoms with Gasteiger partial charge >= 0.3 is 0 Å². The Labute approximate surface area is 136 Å². The van der Waals surface area contributed by atoms with E-state index in [-0.39, 0.29) is 5.15 Å². The van der Waals surface area contributed by atoms with E-state index in [1.165, 1.54) is 6.07 Å². The van der Waals surface area contributed by atoms with Crippen LogP contribution in [0.25, 0.3) is 33.5 Å². The number of imidazole rings is 1. The predicted molar refractivity (Wildman–Crippen MR) is 89.7 cm³/mol. The minimum Gasteiger partial charge on any atom is -0.338 e. The molecule has 23 heavy (non-hydrogen) atoms. The molecule has 0 saturated carbocycles. The molecule has 2 aromatic heterocycles. The van der Waals surface area contributed by atoms with Crippen molar-refractivity contribution < 1.29 is 4.39 Å². The number of fused-ring (bicyclic) bond motifs is 1. The molecule has 4 aromatic rings. The second-order valence-electron chi connectivity index (χ2n) is 5.18. The molecule has 0 atom stereocenters. The Bertz CT molecular complexity index is 960. The number of hydrogen-bond acceptors (Lipinski definition) is 2. The Balaban J connectivity index is 1.71. The maximum atomic E-state index is 13.5. The van der Waals surface area contributed by atoms with E-state index in [1.807, 2.05) is 48.5 Å². The van der Waals surface area contributed by atoms with Crippen molar-refractivity contribution in [2.24, 2.45) is 0 Å². The molecular formula is C18H11ClFN3. The lowest BCUT2D eigenvalue weighted by Gasteiger charge is -2.03. The lowest BCUT2D eigenvalue weighted by atomic mass is 10.1. The highest BCUT2D eigenvalue weighted by molar-refractivity contribution is 6.29. The van der Waals surface area contributed by atoms with Crippen molar-refractivity contribution in [1.82, 2.24) is 15.0 Å². The lowest BCUT2D eigenvalue weighted by molar-refractivity contribution is 0.622. The first-order valence-corrected chi connectivity index (χ1v) is 7.45. The zero-order valence-corrected chi connectivity index (χ0v) is 12.7. The van der Waals surface area contributed by atoms with Crippen LogP contribution < -0.4 is 0 Å². The first-order valence-electron chi connectivity index (χ1n) is 7.07. The average Bonchev–Trinajstić information content (AvgIpc) is 3.02. The largest absolute Gasteiger partial charge is 0.338 e. The van der Waals surface area contributed by atoms with Gasteiger partial charge in [-0.1, -0.05) is 48.0 Å². The number of rotatable bonds is 2. The van der Waals surface area contributed by atoms with Gasteiger partial charge in [0.05, 0.1) is 11.0 Å². The molecule has 0 aliphatic carbocycles. The zero-order chi connectivity index (χ0) is 15.8. The van der Waals surface area contributed by atoms with Crippen molar-refractivity contribution in [3.05, 3.63) is 71.8 Å². The van der Waals surface area contributed by atoms with Crippen molar-refractivity contribution in [1.29, 1.82) is 0 Å². The lowest BCUT2D eigenvalue weighted by Crippen LogP contribution is -1.86. The van der Waals surface area contributed by atoms with Crippen LogP contribution in [-0.2, 0) is 0 Å². The highest BCUT2D eigenvalue weighted by Crippen LogP contribution is 2.26. The number of H-pyrrole nitrogens is 1. The van der Waals surface area contributed by atoms with E-state index in [4.69, 9.17) is 11.6 Å². The Morgan fingerprint density at radius 1 is 0.913 bits per heavy atom. The third-order valence-electron chi connectivity index (χ3n) is 3.68. The first-order chi connectivity index (χ1) is 11.2. The molecular weight excluding hydrogens is 313 g/mol. The molecule has 0 unspecified atom stereocenters. The van der Waals surface area contributed by atoms with Crippen molar-refractivity contribution in [3.8, 4) is 22.5 Å². The van der Waals surface area contributed by atoms with Crippen LogP contribution in [0.3, 0.4) is 0 Å². The summed E-state index contributed by atoms with van der Waals surface area (Å²) in [6.07, 6.45) is 1.56. The van der Waals surface area contributed by atoms with Gasteiger partial charge in [-0.15, -0.1) is 0 Å². The summed E-state index contributed by atoms with van der Waals surface area (Å²) in [4.78, 5) is 11.7. The average molecular weight is 324 g/mol. The molecule has 2 heterocycles. The van der Waals surface area contributed by atoms with Crippen molar-refractivity contribution in [2.75, 3.05) is 0 Å².